The van der Waals surface area contributed by atoms with Crippen LogP contribution in [0.2, 0.25) is 0 Å². The third kappa shape index (κ3) is 1.86. The predicted molar refractivity (Wildman–Crippen MR) is 87.9 cm³/mol. The van der Waals surface area contributed by atoms with Gasteiger partial charge in [0.1, 0.15) is 17.6 Å². The van der Waals surface area contributed by atoms with Gasteiger partial charge in [-0.25, -0.2) is 0 Å². The molecule has 3 heteroatoms. The van der Waals surface area contributed by atoms with Crippen LogP contribution in [0.4, 0.5) is 0 Å². The first kappa shape index (κ1) is 12.9. The standard InChI is InChI=1S/C19H14O3/c20-16-8-4-3-7-14(16)15-11-22-17-10-9-12-5-1-2-6-13(12)18(17)19(15)21/h1-2,5-11,20H,3-4H2. The van der Waals surface area contributed by atoms with E-state index in [4.69, 9.17) is 4.42 Å². The van der Waals surface area contributed by atoms with E-state index in [1.54, 1.807) is 6.08 Å². The summed E-state index contributed by atoms with van der Waals surface area (Å²) < 4.78 is 5.65. The molecule has 0 radical (unpaired) electrons. The molecule has 1 aromatic heterocycles. The Bertz CT molecular complexity index is 1010. The van der Waals surface area contributed by atoms with Crippen LogP contribution < -0.4 is 5.43 Å². The van der Waals surface area contributed by atoms with Crippen LogP contribution in [0.3, 0.4) is 0 Å². The van der Waals surface area contributed by atoms with Crippen molar-refractivity contribution in [3.63, 3.8) is 0 Å². The smallest absolute Gasteiger partial charge is 0.201 e. The first-order valence-electron chi connectivity index (χ1n) is 7.29. The molecule has 0 spiro atoms. The minimum absolute atomic E-state index is 0.105. The molecule has 0 saturated carbocycles. The van der Waals surface area contributed by atoms with Crippen molar-refractivity contribution in [3.05, 3.63) is 76.4 Å². The highest BCUT2D eigenvalue weighted by Crippen LogP contribution is 2.28. The Labute approximate surface area is 126 Å². The summed E-state index contributed by atoms with van der Waals surface area (Å²) in [7, 11) is 0. The maximum absolute atomic E-state index is 12.9. The summed E-state index contributed by atoms with van der Waals surface area (Å²) in [6.45, 7) is 0. The summed E-state index contributed by atoms with van der Waals surface area (Å²) in [5.41, 5.74) is 1.44. The zero-order valence-electron chi connectivity index (χ0n) is 11.9. The van der Waals surface area contributed by atoms with Gasteiger partial charge in [0.2, 0.25) is 5.43 Å². The Morgan fingerprint density at radius 1 is 1.00 bits per heavy atom. The van der Waals surface area contributed by atoms with Crippen molar-refractivity contribution < 1.29 is 9.52 Å². The highest BCUT2D eigenvalue weighted by molar-refractivity contribution is 6.06. The first-order valence-corrected chi connectivity index (χ1v) is 7.29. The first-order chi connectivity index (χ1) is 10.8. The molecule has 22 heavy (non-hydrogen) atoms. The molecule has 4 rings (SSSR count). The van der Waals surface area contributed by atoms with E-state index in [0.29, 0.717) is 22.1 Å². The summed E-state index contributed by atoms with van der Waals surface area (Å²) in [5.74, 6) is 0.151. The lowest BCUT2D eigenvalue weighted by atomic mass is 9.96. The van der Waals surface area contributed by atoms with Gasteiger partial charge >= 0.3 is 0 Å². The maximum Gasteiger partial charge on any atom is 0.201 e. The zero-order valence-corrected chi connectivity index (χ0v) is 11.9. The third-order valence-electron chi connectivity index (χ3n) is 4.09. The zero-order chi connectivity index (χ0) is 15.1. The van der Waals surface area contributed by atoms with Crippen molar-refractivity contribution in [2.75, 3.05) is 0 Å². The Balaban J connectivity index is 2.09. The summed E-state index contributed by atoms with van der Waals surface area (Å²) in [6.07, 6.45) is 6.67. The van der Waals surface area contributed by atoms with Crippen molar-refractivity contribution in [2.45, 2.75) is 12.8 Å². The Morgan fingerprint density at radius 2 is 1.82 bits per heavy atom. The van der Waals surface area contributed by atoms with E-state index in [-0.39, 0.29) is 11.2 Å². The normalized spacial score (nSPS) is 14.9. The van der Waals surface area contributed by atoms with E-state index in [1.807, 2.05) is 42.5 Å². The van der Waals surface area contributed by atoms with Crippen molar-refractivity contribution in [3.8, 4) is 0 Å². The monoisotopic (exact) mass is 290 g/mol. The second-order valence-corrected chi connectivity index (χ2v) is 5.42. The van der Waals surface area contributed by atoms with E-state index < -0.39 is 0 Å². The molecule has 108 valence electrons. The Kier molecular flexibility index (Phi) is 2.86. The number of allylic oxidation sites excluding steroid dienone is 3. The Hall–Kier alpha value is -2.81. The summed E-state index contributed by atoms with van der Waals surface area (Å²) in [4.78, 5) is 12.9. The van der Waals surface area contributed by atoms with Gasteiger partial charge in [0.05, 0.1) is 10.9 Å². The molecule has 1 aliphatic rings. The minimum atomic E-state index is -0.105. The number of hydrogen-bond acceptors (Lipinski definition) is 3. The lowest BCUT2D eigenvalue weighted by molar-refractivity contribution is 0.432. The van der Waals surface area contributed by atoms with Gasteiger partial charge in [-0.05, 0) is 35.8 Å². The lowest BCUT2D eigenvalue weighted by Gasteiger charge is -2.11. The molecule has 3 aromatic rings. The topological polar surface area (TPSA) is 50.4 Å². The summed E-state index contributed by atoms with van der Waals surface area (Å²) in [6, 6.07) is 11.5. The van der Waals surface area contributed by atoms with Crippen molar-refractivity contribution >= 4 is 27.3 Å². The van der Waals surface area contributed by atoms with E-state index >= 15 is 0 Å². The van der Waals surface area contributed by atoms with Crippen LogP contribution in [0.1, 0.15) is 18.4 Å². The molecule has 1 heterocycles. The van der Waals surface area contributed by atoms with Gasteiger partial charge in [0.15, 0.2) is 0 Å². The van der Waals surface area contributed by atoms with Crippen LogP contribution in [0.5, 0.6) is 0 Å². The van der Waals surface area contributed by atoms with Crippen LogP contribution in [0.25, 0.3) is 27.3 Å². The molecule has 0 amide bonds. The second-order valence-electron chi connectivity index (χ2n) is 5.42. The van der Waals surface area contributed by atoms with Gasteiger partial charge in [-0.2, -0.15) is 0 Å². The van der Waals surface area contributed by atoms with Crippen molar-refractivity contribution in [1.82, 2.24) is 0 Å². The van der Waals surface area contributed by atoms with Crippen LogP contribution in [0, 0.1) is 0 Å². The van der Waals surface area contributed by atoms with Gasteiger partial charge < -0.3 is 9.52 Å². The van der Waals surface area contributed by atoms with E-state index in [1.165, 1.54) is 6.26 Å². The van der Waals surface area contributed by atoms with Crippen molar-refractivity contribution in [1.29, 1.82) is 0 Å². The second kappa shape index (κ2) is 4.88. The molecule has 2 aromatic carbocycles. The average molecular weight is 290 g/mol. The molecule has 0 aliphatic heterocycles. The number of hydrogen-bond donors (Lipinski definition) is 1. The van der Waals surface area contributed by atoms with Crippen LogP contribution in [-0.2, 0) is 0 Å². The minimum Gasteiger partial charge on any atom is -0.508 e. The predicted octanol–water partition coefficient (Wildman–Crippen LogP) is 4.57. The fraction of sp³-hybridized carbons (Fsp3) is 0.105. The highest BCUT2D eigenvalue weighted by Gasteiger charge is 2.17. The van der Waals surface area contributed by atoms with Crippen LogP contribution in [-0.4, -0.2) is 5.11 Å². The van der Waals surface area contributed by atoms with Gasteiger partial charge in [0.25, 0.3) is 0 Å². The Morgan fingerprint density at radius 3 is 2.68 bits per heavy atom. The molecule has 1 aliphatic carbocycles. The molecule has 1 N–H and O–H groups in total. The van der Waals surface area contributed by atoms with Crippen molar-refractivity contribution in [2.24, 2.45) is 0 Å². The number of aliphatic hydroxyl groups is 1. The molecular weight excluding hydrogens is 276 g/mol. The fourth-order valence-electron chi connectivity index (χ4n) is 2.99. The quantitative estimate of drug-likeness (QED) is 0.668. The van der Waals surface area contributed by atoms with Gasteiger partial charge in [0, 0.05) is 5.57 Å². The highest BCUT2D eigenvalue weighted by atomic mass is 16.3. The van der Waals surface area contributed by atoms with Crippen LogP contribution in [0.15, 0.2) is 69.8 Å². The molecule has 0 fully saturated rings. The van der Waals surface area contributed by atoms with Gasteiger partial charge in [-0.15, -0.1) is 0 Å². The number of aliphatic hydroxyl groups excluding tert-OH is 1. The average Bonchev–Trinajstić information content (AvgIpc) is 2.56. The summed E-state index contributed by atoms with van der Waals surface area (Å²) >= 11 is 0. The third-order valence-corrected chi connectivity index (χ3v) is 4.09. The lowest BCUT2D eigenvalue weighted by Crippen LogP contribution is -2.10. The number of benzene rings is 2. The molecule has 0 saturated heterocycles. The molecule has 0 unspecified atom stereocenters. The molecular formula is C19H14O3. The number of rotatable bonds is 1. The molecule has 0 bridgehead atoms. The van der Waals surface area contributed by atoms with E-state index in [2.05, 4.69) is 0 Å². The number of fused-ring (bicyclic) bond motifs is 3. The maximum atomic E-state index is 12.9. The fourth-order valence-corrected chi connectivity index (χ4v) is 2.99. The molecule has 3 nitrogen and oxygen atoms in total. The van der Waals surface area contributed by atoms with Gasteiger partial charge in [-0.3, -0.25) is 4.79 Å². The van der Waals surface area contributed by atoms with E-state index in [9.17, 15) is 9.90 Å². The van der Waals surface area contributed by atoms with Gasteiger partial charge in [-0.1, -0.05) is 36.4 Å². The van der Waals surface area contributed by atoms with E-state index in [0.717, 1.165) is 23.6 Å². The largest absolute Gasteiger partial charge is 0.508 e. The molecule has 0 atom stereocenters. The SMILES string of the molecule is O=c1c(C2=CCCC=C2O)coc2ccc3ccccc3c12. The summed E-state index contributed by atoms with van der Waals surface area (Å²) in [5, 5.41) is 12.5. The van der Waals surface area contributed by atoms with Crippen LogP contribution >= 0.6 is 0 Å².